The van der Waals surface area contributed by atoms with Crippen LogP contribution in [0.4, 0.5) is 0 Å². The molecule has 4 aliphatic carbocycles. The second kappa shape index (κ2) is 7.57. The molecular weight excluding hydrogens is 356 g/mol. The van der Waals surface area contributed by atoms with E-state index in [0.29, 0.717) is 13.0 Å². The number of carbonyl (C=O) groups excluding carboxylic acids is 2. The lowest BCUT2D eigenvalue weighted by molar-refractivity contribution is -0.146. The second-order valence-electron chi connectivity index (χ2n) is 9.39. The molecule has 0 radical (unpaired) electrons. The van der Waals surface area contributed by atoms with Crippen LogP contribution in [0.3, 0.4) is 0 Å². The molecule has 4 fully saturated rings. The van der Waals surface area contributed by atoms with E-state index in [2.05, 4.69) is 29.7 Å². The van der Waals surface area contributed by atoms with Crippen molar-refractivity contribution in [3.63, 3.8) is 0 Å². The van der Waals surface area contributed by atoms with E-state index in [0.717, 1.165) is 43.4 Å². The van der Waals surface area contributed by atoms with Crippen molar-refractivity contribution in [2.45, 2.75) is 71.3 Å². The lowest BCUT2D eigenvalue weighted by Gasteiger charge is -2.55. The van der Waals surface area contributed by atoms with Gasteiger partial charge in [0.25, 0.3) is 0 Å². The van der Waals surface area contributed by atoms with Crippen LogP contribution in [-0.2, 0) is 16.0 Å². The zero-order valence-electron chi connectivity index (χ0n) is 16.6. The first kappa shape index (κ1) is 19.0. The Labute approximate surface area is 166 Å². The Morgan fingerprint density at radius 1 is 1.15 bits per heavy atom. The standard InChI is InChI=1S/C22H32N2O2S/c1-14(7-19-4-3-15(2)27-19)24-20(25)5-6-23-21(26)22-11-16-8-17(12-22)10-18(9-16)13-22/h3-4,14,16-18H,5-13H2,1-2H3,(H,23,26)(H,24,25). The van der Waals surface area contributed by atoms with Crippen molar-refractivity contribution in [2.24, 2.45) is 23.2 Å². The third kappa shape index (κ3) is 4.23. The summed E-state index contributed by atoms with van der Waals surface area (Å²) in [4.78, 5) is 27.7. The molecule has 4 aliphatic rings. The van der Waals surface area contributed by atoms with Crippen LogP contribution in [0.2, 0.25) is 0 Å². The van der Waals surface area contributed by atoms with Crippen molar-refractivity contribution >= 4 is 23.2 Å². The minimum atomic E-state index is -0.116. The predicted octanol–water partition coefficient (Wildman–Crippen LogP) is 3.83. The average molecular weight is 389 g/mol. The van der Waals surface area contributed by atoms with Crippen LogP contribution in [0.5, 0.6) is 0 Å². The summed E-state index contributed by atoms with van der Waals surface area (Å²) in [5, 5.41) is 6.16. The summed E-state index contributed by atoms with van der Waals surface area (Å²) in [7, 11) is 0. The summed E-state index contributed by atoms with van der Waals surface area (Å²) in [6, 6.07) is 4.37. The number of amides is 2. The first-order chi connectivity index (χ1) is 12.9. The van der Waals surface area contributed by atoms with Gasteiger partial charge in [-0.15, -0.1) is 11.3 Å². The summed E-state index contributed by atoms with van der Waals surface area (Å²) in [5.41, 5.74) is -0.116. The van der Waals surface area contributed by atoms with Crippen LogP contribution < -0.4 is 10.6 Å². The van der Waals surface area contributed by atoms with Gasteiger partial charge in [0, 0.05) is 40.6 Å². The number of aryl methyl sites for hydroxylation is 1. The molecule has 27 heavy (non-hydrogen) atoms. The van der Waals surface area contributed by atoms with Gasteiger partial charge in [0.2, 0.25) is 11.8 Å². The lowest BCUT2D eigenvalue weighted by atomic mass is 9.49. The highest BCUT2D eigenvalue weighted by Crippen LogP contribution is 2.60. The third-order valence-electron chi connectivity index (χ3n) is 6.87. The van der Waals surface area contributed by atoms with E-state index in [1.165, 1.54) is 29.0 Å². The monoisotopic (exact) mass is 388 g/mol. The van der Waals surface area contributed by atoms with Crippen LogP contribution in [0.1, 0.15) is 61.6 Å². The molecule has 2 N–H and O–H groups in total. The first-order valence-electron chi connectivity index (χ1n) is 10.5. The smallest absolute Gasteiger partial charge is 0.226 e. The van der Waals surface area contributed by atoms with E-state index in [-0.39, 0.29) is 23.3 Å². The van der Waals surface area contributed by atoms with Gasteiger partial charge in [-0.2, -0.15) is 0 Å². The Kier molecular flexibility index (Phi) is 5.32. The fraction of sp³-hybridized carbons (Fsp3) is 0.727. The number of rotatable bonds is 7. The normalized spacial score (nSPS) is 32.3. The van der Waals surface area contributed by atoms with Crippen molar-refractivity contribution in [1.82, 2.24) is 10.6 Å². The van der Waals surface area contributed by atoms with Gasteiger partial charge in [-0.3, -0.25) is 9.59 Å². The Bertz CT molecular complexity index is 676. The molecule has 0 aromatic carbocycles. The quantitative estimate of drug-likeness (QED) is 0.746. The SMILES string of the molecule is Cc1ccc(CC(C)NC(=O)CCNC(=O)C23CC4CC(CC(C4)C2)C3)s1. The van der Waals surface area contributed by atoms with Crippen molar-refractivity contribution in [2.75, 3.05) is 6.54 Å². The van der Waals surface area contributed by atoms with E-state index in [1.54, 1.807) is 11.3 Å². The highest BCUT2D eigenvalue weighted by molar-refractivity contribution is 7.11. The van der Waals surface area contributed by atoms with Crippen LogP contribution in [0, 0.1) is 30.1 Å². The van der Waals surface area contributed by atoms with Gasteiger partial charge < -0.3 is 10.6 Å². The summed E-state index contributed by atoms with van der Waals surface area (Å²) in [6.07, 6.45) is 8.50. The molecule has 5 heteroatoms. The molecule has 4 nitrogen and oxygen atoms in total. The largest absolute Gasteiger partial charge is 0.355 e. The average Bonchev–Trinajstić information content (AvgIpc) is 2.98. The first-order valence-corrected chi connectivity index (χ1v) is 11.4. The fourth-order valence-corrected chi connectivity index (χ4v) is 7.18. The molecule has 1 unspecified atom stereocenters. The van der Waals surface area contributed by atoms with Crippen LogP contribution >= 0.6 is 11.3 Å². The minimum absolute atomic E-state index is 0.0293. The predicted molar refractivity (Wildman–Crippen MR) is 109 cm³/mol. The van der Waals surface area contributed by atoms with Crippen molar-refractivity contribution in [3.8, 4) is 0 Å². The lowest BCUT2D eigenvalue weighted by Crippen LogP contribution is -2.53. The van der Waals surface area contributed by atoms with Gasteiger partial charge in [-0.1, -0.05) is 0 Å². The second-order valence-corrected chi connectivity index (χ2v) is 10.8. The van der Waals surface area contributed by atoms with Gasteiger partial charge in [-0.25, -0.2) is 0 Å². The maximum atomic E-state index is 12.9. The van der Waals surface area contributed by atoms with E-state index in [4.69, 9.17) is 0 Å². The van der Waals surface area contributed by atoms with Crippen molar-refractivity contribution < 1.29 is 9.59 Å². The van der Waals surface area contributed by atoms with Gasteiger partial charge >= 0.3 is 0 Å². The number of thiophene rings is 1. The molecule has 1 heterocycles. The molecule has 5 rings (SSSR count). The molecule has 0 saturated heterocycles. The summed E-state index contributed by atoms with van der Waals surface area (Å²) in [5.74, 6) is 2.56. The fourth-order valence-electron chi connectivity index (χ4n) is 6.16. The summed E-state index contributed by atoms with van der Waals surface area (Å²) in [6.45, 7) is 4.60. The van der Waals surface area contributed by atoms with Gasteiger partial charge in [0.1, 0.15) is 0 Å². The van der Waals surface area contributed by atoms with Crippen molar-refractivity contribution in [3.05, 3.63) is 21.9 Å². The molecule has 1 aromatic heterocycles. The summed E-state index contributed by atoms with van der Waals surface area (Å²) >= 11 is 1.78. The minimum Gasteiger partial charge on any atom is -0.355 e. The Balaban J connectivity index is 1.20. The molecule has 148 valence electrons. The number of carbonyl (C=O) groups is 2. The maximum Gasteiger partial charge on any atom is 0.226 e. The van der Waals surface area contributed by atoms with Crippen LogP contribution in [-0.4, -0.2) is 24.4 Å². The Morgan fingerprint density at radius 2 is 1.78 bits per heavy atom. The van der Waals surface area contributed by atoms with Gasteiger partial charge in [0.15, 0.2) is 0 Å². The molecular formula is C22H32N2O2S. The molecule has 1 atom stereocenters. The molecule has 1 aromatic rings. The molecule has 0 aliphatic heterocycles. The van der Waals surface area contributed by atoms with E-state index < -0.39 is 0 Å². The Hall–Kier alpha value is -1.36. The van der Waals surface area contributed by atoms with Crippen molar-refractivity contribution in [1.29, 1.82) is 0 Å². The molecule has 4 saturated carbocycles. The number of nitrogens with one attached hydrogen (secondary N) is 2. The molecule has 0 spiro atoms. The van der Waals surface area contributed by atoms with Crippen LogP contribution in [0.15, 0.2) is 12.1 Å². The number of hydrogen-bond acceptors (Lipinski definition) is 3. The molecule has 2 amide bonds. The van der Waals surface area contributed by atoms with Crippen LogP contribution in [0.25, 0.3) is 0 Å². The maximum absolute atomic E-state index is 12.9. The van der Waals surface area contributed by atoms with E-state index >= 15 is 0 Å². The number of hydrogen-bond donors (Lipinski definition) is 2. The topological polar surface area (TPSA) is 58.2 Å². The Morgan fingerprint density at radius 3 is 2.33 bits per heavy atom. The third-order valence-corrected chi connectivity index (χ3v) is 7.89. The van der Waals surface area contributed by atoms with E-state index in [9.17, 15) is 9.59 Å². The van der Waals surface area contributed by atoms with Gasteiger partial charge in [0.05, 0.1) is 0 Å². The highest BCUT2D eigenvalue weighted by Gasteiger charge is 2.54. The zero-order chi connectivity index (χ0) is 19.0. The van der Waals surface area contributed by atoms with E-state index in [1.807, 2.05) is 6.92 Å². The highest BCUT2D eigenvalue weighted by atomic mass is 32.1. The van der Waals surface area contributed by atoms with Gasteiger partial charge in [-0.05, 0) is 82.3 Å². The molecule has 4 bridgehead atoms. The zero-order valence-corrected chi connectivity index (χ0v) is 17.4. The summed E-state index contributed by atoms with van der Waals surface area (Å²) < 4.78 is 0.